The van der Waals surface area contributed by atoms with Crippen LogP contribution in [0.2, 0.25) is 0 Å². The van der Waals surface area contributed by atoms with Gasteiger partial charge in [0.1, 0.15) is 0 Å². The highest BCUT2D eigenvalue weighted by Crippen LogP contribution is 2.18. The molecule has 0 spiro atoms. The summed E-state index contributed by atoms with van der Waals surface area (Å²) in [6.07, 6.45) is 6.70. The molecule has 1 N–H and O–H groups in total. The number of thioether (sulfide) groups is 1. The zero-order valence-electron chi connectivity index (χ0n) is 9.72. The highest BCUT2D eigenvalue weighted by molar-refractivity contribution is 7.99. The minimum absolute atomic E-state index is 0.779. The van der Waals surface area contributed by atoms with Gasteiger partial charge in [-0.15, -0.1) is 5.10 Å². The molecule has 0 radical (unpaired) electrons. The van der Waals surface area contributed by atoms with E-state index in [0.717, 1.165) is 23.5 Å². The molecule has 0 aliphatic heterocycles. The number of aryl methyl sites for hydroxylation is 1. The van der Waals surface area contributed by atoms with Crippen molar-refractivity contribution < 1.29 is 0 Å². The van der Waals surface area contributed by atoms with Crippen LogP contribution in [-0.4, -0.2) is 38.5 Å². The van der Waals surface area contributed by atoms with Crippen LogP contribution in [0.3, 0.4) is 0 Å². The molecule has 90 valence electrons. The fourth-order valence-corrected chi connectivity index (χ4v) is 2.80. The molecule has 2 rings (SSSR count). The third-order valence-corrected chi connectivity index (χ3v) is 4.02. The molecule has 1 aromatic heterocycles. The predicted molar refractivity (Wildman–Crippen MR) is 64.4 cm³/mol. The molecule has 1 fully saturated rings. The summed E-state index contributed by atoms with van der Waals surface area (Å²) in [6, 6.07) is 0.779. The van der Waals surface area contributed by atoms with Crippen LogP contribution in [0.1, 0.15) is 32.1 Å². The zero-order valence-corrected chi connectivity index (χ0v) is 10.5. The Morgan fingerprint density at radius 2 is 2.25 bits per heavy atom. The number of tetrazole rings is 1. The van der Waals surface area contributed by atoms with E-state index in [1.165, 1.54) is 32.1 Å². The first-order chi connectivity index (χ1) is 7.86. The molecule has 1 aromatic rings. The summed E-state index contributed by atoms with van der Waals surface area (Å²) in [7, 11) is 1.87. The lowest BCUT2D eigenvalue weighted by Gasteiger charge is -2.10. The lowest BCUT2D eigenvalue weighted by Crippen LogP contribution is -2.27. The smallest absolute Gasteiger partial charge is 0.209 e. The van der Waals surface area contributed by atoms with Crippen LogP contribution in [0.5, 0.6) is 0 Å². The van der Waals surface area contributed by atoms with E-state index in [4.69, 9.17) is 0 Å². The molecular weight excluding hydrogens is 222 g/mol. The summed E-state index contributed by atoms with van der Waals surface area (Å²) in [5, 5.41) is 15.9. The summed E-state index contributed by atoms with van der Waals surface area (Å²) in [5.74, 6) is 1.08. The van der Waals surface area contributed by atoms with E-state index in [1.54, 1.807) is 16.4 Å². The maximum absolute atomic E-state index is 3.94. The standard InChI is InChI=1S/C10H19N5S/c1-15-10(12-13-14-15)16-8-4-7-11-9-5-2-3-6-9/h9,11H,2-8H2,1H3. The Morgan fingerprint density at radius 1 is 1.44 bits per heavy atom. The molecule has 1 heterocycles. The van der Waals surface area contributed by atoms with E-state index in [2.05, 4.69) is 20.8 Å². The lowest BCUT2D eigenvalue weighted by atomic mass is 10.2. The van der Waals surface area contributed by atoms with Gasteiger partial charge in [-0.2, -0.15) is 0 Å². The van der Waals surface area contributed by atoms with Gasteiger partial charge >= 0.3 is 0 Å². The van der Waals surface area contributed by atoms with Crippen LogP contribution < -0.4 is 5.32 Å². The first-order valence-corrected chi connectivity index (χ1v) is 6.93. The first kappa shape index (κ1) is 11.9. The molecule has 0 aromatic carbocycles. The second-order valence-electron chi connectivity index (χ2n) is 4.22. The summed E-state index contributed by atoms with van der Waals surface area (Å²) >= 11 is 1.72. The fourth-order valence-electron chi connectivity index (χ4n) is 2.02. The summed E-state index contributed by atoms with van der Waals surface area (Å²) < 4.78 is 1.72. The third kappa shape index (κ3) is 3.45. The van der Waals surface area contributed by atoms with E-state index in [9.17, 15) is 0 Å². The largest absolute Gasteiger partial charge is 0.314 e. The number of aromatic nitrogens is 4. The monoisotopic (exact) mass is 241 g/mol. The number of hydrogen-bond acceptors (Lipinski definition) is 5. The predicted octanol–water partition coefficient (Wildman–Crippen LogP) is 1.22. The Bertz CT molecular complexity index is 308. The number of rotatable bonds is 6. The topological polar surface area (TPSA) is 55.6 Å². The Morgan fingerprint density at radius 3 is 2.94 bits per heavy atom. The van der Waals surface area contributed by atoms with Crippen LogP contribution >= 0.6 is 11.8 Å². The van der Waals surface area contributed by atoms with Gasteiger partial charge in [-0.3, -0.25) is 0 Å². The van der Waals surface area contributed by atoms with Crippen molar-refractivity contribution in [2.45, 2.75) is 43.3 Å². The van der Waals surface area contributed by atoms with Gasteiger partial charge < -0.3 is 5.32 Å². The molecular formula is C10H19N5S. The molecule has 6 heteroatoms. The molecule has 5 nitrogen and oxygen atoms in total. The molecule has 0 bridgehead atoms. The molecule has 0 amide bonds. The summed E-state index contributed by atoms with van der Waals surface area (Å²) in [5.41, 5.74) is 0. The maximum atomic E-state index is 3.94. The molecule has 1 saturated carbocycles. The zero-order chi connectivity index (χ0) is 11.2. The minimum Gasteiger partial charge on any atom is -0.314 e. The van der Waals surface area contributed by atoms with Gasteiger partial charge in [-0.25, -0.2) is 4.68 Å². The quantitative estimate of drug-likeness (QED) is 0.599. The maximum Gasteiger partial charge on any atom is 0.209 e. The lowest BCUT2D eigenvalue weighted by molar-refractivity contribution is 0.524. The van der Waals surface area contributed by atoms with Crippen molar-refractivity contribution in [3.8, 4) is 0 Å². The normalized spacial score (nSPS) is 17.1. The van der Waals surface area contributed by atoms with Gasteiger partial charge in [0.2, 0.25) is 5.16 Å². The van der Waals surface area contributed by atoms with Crippen molar-refractivity contribution in [1.29, 1.82) is 0 Å². The second-order valence-corrected chi connectivity index (χ2v) is 5.28. The molecule has 0 atom stereocenters. The highest BCUT2D eigenvalue weighted by Gasteiger charge is 2.13. The fraction of sp³-hybridized carbons (Fsp3) is 0.900. The highest BCUT2D eigenvalue weighted by atomic mass is 32.2. The second kappa shape index (κ2) is 6.20. The van der Waals surface area contributed by atoms with Crippen LogP contribution in [0.25, 0.3) is 0 Å². The Labute approximate surface area is 100 Å². The van der Waals surface area contributed by atoms with E-state index in [-0.39, 0.29) is 0 Å². The molecule has 16 heavy (non-hydrogen) atoms. The van der Waals surface area contributed by atoms with E-state index >= 15 is 0 Å². The van der Waals surface area contributed by atoms with Gasteiger partial charge in [0.25, 0.3) is 0 Å². The Balaban J connectivity index is 1.53. The molecule has 1 aliphatic rings. The number of hydrogen-bond donors (Lipinski definition) is 1. The molecule has 0 saturated heterocycles. The van der Waals surface area contributed by atoms with Crippen LogP contribution in [-0.2, 0) is 7.05 Å². The average Bonchev–Trinajstić information content (AvgIpc) is 2.90. The van der Waals surface area contributed by atoms with Crippen molar-refractivity contribution in [2.75, 3.05) is 12.3 Å². The van der Waals surface area contributed by atoms with Gasteiger partial charge in [0.15, 0.2) is 0 Å². The van der Waals surface area contributed by atoms with E-state index in [0.29, 0.717) is 0 Å². The van der Waals surface area contributed by atoms with E-state index < -0.39 is 0 Å². The SMILES string of the molecule is Cn1nnnc1SCCCNC1CCCC1. The third-order valence-electron chi connectivity index (χ3n) is 2.92. The number of nitrogens with one attached hydrogen (secondary N) is 1. The van der Waals surface area contributed by atoms with Gasteiger partial charge in [0, 0.05) is 18.8 Å². The van der Waals surface area contributed by atoms with Crippen molar-refractivity contribution in [1.82, 2.24) is 25.5 Å². The van der Waals surface area contributed by atoms with Crippen molar-refractivity contribution in [2.24, 2.45) is 7.05 Å². The van der Waals surface area contributed by atoms with Crippen molar-refractivity contribution in [3.63, 3.8) is 0 Å². The Hall–Kier alpha value is -0.620. The van der Waals surface area contributed by atoms with Gasteiger partial charge in [-0.05, 0) is 36.2 Å². The molecule has 1 aliphatic carbocycles. The average molecular weight is 241 g/mol. The number of nitrogens with zero attached hydrogens (tertiary/aromatic N) is 4. The minimum atomic E-state index is 0.779. The van der Waals surface area contributed by atoms with Crippen molar-refractivity contribution in [3.05, 3.63) is 0 Å². The van der Waals surface area contributed by atoms with Crippen LogP contribution in [0.15, 0.2) is 5.16 Å². The van der Waals surface area contributed by atoms with Crippen LogP contribution in [0.4, 0.5) is 0 Å². The summed E-state index contributed by atoms with van der Waals surface area (Å²) in [6.45, 7) is 1.11. The molecule has 0 unspecified atom stereocenters. The van der Waals surface area contributed by atoms with Gasteiger partial charge in [0.05, 0.1) is 0 Å². The summed E-state index contributed by atoms with van der Waals surface area (Å²) in [4.78, 5) is 0. The van der Waals surface area contributed by atoms with Crippen LogP contribution in [0, 0.1) is 0 Å². The first-order valence-electron chi connectivity index (χ1n) is 5.95. The van der Waals surface area contributed by atoms with Crippen molar-refractivity contribution >= 4 is 11.8 Å². The van der Waals surface area contributed by atoms with E-state index in [1.807, 2.05) is 7.05 Å². The Kier molecular flexibility index (Phi) is 4.59. The van der Waals surface area contributed by atoms with Gasteiger partial charge in [-0.1, -0.05) is 24.6 Å².